The minimum atomic E-state index is -2.67. The molecular formula is C19H21F2N5O. The zero-order valence-electron chi connectivity index (χ0n) is 15.0. The lowest BCUT2D eigenvalue weighted by Crippen LogP contribution is -2.50. The molecule has 1 aliphatic heterocycles. The fourth-order valence-electron chi connectivity index (χ4n) is 4.46. The zero-order valence-corrected chi connectivity index (χ0v) is 15.0. The molecule has 2 fully saturated rings. The van der Waals surface area contributed by atoms with Crippen molar-refractivity contribution in [1.29, 1.82) is 0 Å². The van der Waals surface area contributed by atoms with Crippen molar-refractivity contribution in [3.8, 4) is 0 Å². The number of hydrogen-bond donors (Lipinski definition) is 1. The van der Waals surface area contributed by atoms with Crippen LogP contribution < -0.4 is 0 Å². The summed E-state index contributed by atoms with van der Waals surface area (Å²) < 4.78 is 28.4. The van der Waals surface area contributed by atoms with Gasteiger partial charge in [-0.1, -0.05) is 6.92 Å². The van der Waals surface area contributed by atoms with Gasteiger partial charge in [0.05, 0.1) is 23.4 Å². The van der Waals surface area contributed by atoms with Crippen LogP contribution in [0.3, 0.4) is 0 Å². The van der Waals surface area contributed by atoms with Crippen LogP contribution in [0, 0.1) is 11.8 Å². The second-order valence-corrected chi connectivity index (χ2v) is 7.96. The molecule has 27 heavy (non-hydrogen) atoms. The monoisotopic (exact) mass is 373 g/mol. The second kappa shape index (κ2) is 5.74. The van der Waals surface area contributed by atoms with E-state index < -0.39 is 11.8 Å². The van der Waals surface area contributed by atoms with E-state index in [1.807, 2.05) is 12.3 Å². The Kier molecular flexibility index (Phi) is 3.54. The third-order valence-electron chi connectivity index (χ3n) is 6.13. The van der Waals surface area contributed by atoms with Crippen LogP contribution in [-0.4, -0.2) is 49.2 Å². The number of carbonyl (C=O) groups excluding carboxylic acids is 1. The highest BCUT2D eigenvalue weighted by Gasteiger charge is 2.50. The van der Waals surface area contributed by atoms with Crippen LogP contribution in [0.15, 0.2) is 24.7 Å². The number of nitrogens with zero attached hydrogens (tertiary/aromatic N) is 4. The summed E-state index contributed by atoms with van der Waals surface area (Å²) in [4.78, 5) is 26.6. The largest absolute Gasteiger partial charge is 0.345 e. The number of halogens is 2. The number of imidazole rings is 1. The molecule has 2 atom stereocenters. The van der Waals surface area contributed by atoms with Crippen LogP contribution in [0.1, 0.15) is 37.9 Å². The van der Waals surface area contributed by atoms with Crippen molar-refractivity contribution in [1.82, 2.24) is 24.3 Å². The van der Waals surface area contributed by atoms with Crippen molar-refractivity contribution in [2.45, 2.75) is 38.0 Å². The lowest BCUT2D eigenvalue weighted by molar-refractivity contribution is -0.161. The number of aromatic amines is 1. The van der Waals surface area contributed by atoms with E-state index in [0.717, 1.165) is 28.9 Å². The summed E-state index contributed by atoms with van der Waals surface area (Å²) in [5, 5.41) is 0. The van der Waals surface area contributed by atoms with E-state index in [-0.39, 0.29) is 24.7 Å². The Bertz CT molecular complexity index is 1020. The Morgan fingerprint density at radius 2 is 2.07 bits per heavy atom. The molecule has 0 bridgehead atoms. The molecule has 3 aromatic heterocycles. The van der Waals surface area contributed by atoms with Gasteiger partial charge in [0.25, 0.3) is 0 Å². The molecule has 3 aromatic rings. The van der Waals surface area contributed by atoms with Gasteiger partial charge < -0.3 is 9.88 Å². The molecule has 2 unspecified atom stereocenters. The van der Waals surface area contributed by atoms with E-state index in [4.69, 9.17) is 0 Å². The molecule has 0 aromatic carbocycles. The van der Waals surface area contributed by atoms with Gasteiger partial charge in [-0.25, -0.2) is 18.7 Å². The number of nitrogens with one attached hydrogen (secondary N) is 1. The van der Waals surface area contributed by atoms with Crippen molar-refractivity contribution < 1.29 is 13.6 Å². The minimum Gasteiger partial charge on any atom is -0.345 e. The third-order valence-corrected chi connectivity index (χ3v) is 6.13. The topological polar surface area (TPSA) is 66.3 Å². The number of likely N-dealkylation sites (tertiary alicyclic amines) is 1. The number of amides is 1. The van der Waals surface area contributed by atoms with E-state index in [1.54, 1.807) is 17.3 Å². The number of aromatic nitrogens is 4. The highest BCUT2D eigenvalue weighted by molar-refractivity contribution is 5.80. The maximum Gasteiger partial charge on any atom is 0.249 e. The van der Waals surface area contributed by atoms with Gasteiger partial charge in [0.15, 0.2) is 5.65 Å². The summed E-state index contributed by atoms with van der Waals surface area (Å²) in [7, 11) is 0. The van der Waals surface area contributed by atoms with Gasteiger partial charge in [-0.05, 0) is 18.4 Å². The van der Waals surface area contributed by atoms with Crippen LogP contribution in [0.4, 0.5) is 8.78 Å². The van der Waals surface area contributed by atoms with Crippen LogP contribution in [0.5, 0.6) is 0 Å². The van der Waals surface area contributed by atoms with Crippen LogP contribution in [0.2, 0.25) is 0 Å². The number of alkyl halides is 2. The fourth-order valence-corrected chi connectivity index (χ4v) is 4.46. The molecule has 142 valence electrons. The number of fused-ring (bicyclic) bond motifs is 3. The number of carbonyl (C=O) groups is 1. The Morgan fingerprint density at radius 1 is 1.30 bits per heavy atom. The first kappa shape index (κ1) is 16.6. The molecular weight excluding hydrogens is 352 g/mol. The second-order valence-electron chi connectivity index (χ2n) is 7.96. The van der Waals surface area contributed by atoms with Crippen molar-refractivity contribution in [2.24, 2.45) is 11.8 Å². The maximum absolute atomic E-state index is 13.2. The lowest BCUT2D eigenvalue weighted by atomic mass is 9.79. The Balaban J connectivity index is 1.46. The van der Waals surface area contributed by atoms with Crippen molar-refractivity contribution in [3.05, 3.63) is 30.5 Å². The van der Waals surface area contributed by atoms with Gasteiger partial charge in [0, 0.05) is 44.0 Å². The predicted molar refractivity (Wildman–Crippen MR) is 95.6 cm³/mol. The maximum atomic E-state index is 13.2. The lowest BCUT2D eigenvalue weighted by Gasteiger charge is -2.41. The number of hydrogen-bond acceptors (Lipinski definition) is 3. The third kappa shape index (κ3) is 2.61. The summed E-state index contributed by atoms with van der Waals surface area (Å²) in [6.07, 6.45) is 5.64. The van der Waals surface area contributed by atoms with Gasteiger partial charge in [0.1, 0.15) is 5.82 Å². The Labute approximate surface area is 154 Å². The highest BCUT2D eigenvalue weighted by Crippen LogP contribution is 2.44. The summed E-state index contributed by atoms with van der Waals surface area (Å²) in [6.45, 7) is 3.32. The SMILES string of the molecule is CC1CCN(C(=O)C2CC(F)(F)C2)CC1c1ncc2cnc3[nH]ccc3n12. The molecule has 1 aliphatic carbocycles. The van der Waals surface area contributed by atoms with Gasteiger partial charge in [-0.3, -0.25) is 9.20 Å². The predicted octanol–water partition coefficient (Wildman–Crippen LogP) is 3.21. The molecule has 1 saturated carbocycles. The smallest absolute Gasteiger partial charge is 0.249 e. The van der Waals surface area contributed by atoms with E-state index in [9.17, 15) is 13.6 Å². The number of rotatable bonds is 2. The quantitative estimate of drug-likeness (QED) is 0.750. The first-order valence-electron chi connectivity index (χ1n) is 9.39. The van der Waals surface area contributed by atoms with Gasteiger partial charge >= 0.3 is 0 Å². The van der Waals surface area contributed by atoms with Gasteiger partial charge in [-0.15, -0.1) is 0 Å². The fraction of sp³-hybridized carbons (Fsp3) is 0.526. The molecule has 6 nitrogen and oxygen atoms in total. The molecule has 0 spiro atoms. The van der Waals surface area contributed by atoms with Gasteiger partial charge in [-0.2, -0.15) is 0 Å². The highest BCUT2D eigenvalue weighted by atomic mass is 19.3. The van der Waals surface area contributed by atoms with Crippen LogP contribution in [-0.2, 0) is 4.79 Å². The van der Waals surface area contributed by atoms with Crippen LogP contribution in [0.25, 0.3) is 16.7 Å². The molecule has 1 amide bonds. The molecule has 4 heterocycles. The molecule has 1 N–H and O–H groups in total. The molecule has 8 heteroatoms. The number of piperidine rings is 1. The normalized spacial score (nSPS) is 25.8. The van der Waals surface area contributed by atoms with E-state index in [2.05, 4.69) is 26.3 Å². The summed E-state index contributed by atoms with van der Waals surface area (Å²) in [5.74, 6) is -2.02. The number of H-pyrrole nitrogens is 1. The first-order chi connectivity index (χ1) is 12.9. The standard InChI is InChI=1S/C19H21F2N5O/c1-11-3-5-25(18(27)12-6-19(20,21)7-12)10-14(11)17-24-9-13-8-23-16-15(26(13)17)2-4-22-16/h2,4,8-9,11-12,14,22H,3,5-7,10H2,1H3. The summed E-state index contributed by atoms with van der Waals surface area (Å²) >= 11 is 0. The zero-order chi connectivity index (χ0) is 18.8. The first-order valence-corrected chi connectivity index (χ1v) is 9.39. The van der Waals surface area contributed by atoms with Crippen molar-refractivity contribution >= 4 is 22.6 Å². The molecule has 0 radical (unpaired) electrons. The molecule has 2 aliphatic rings. The van der Waals surface area contributed by atoms with E-state index in [1.165, 1.54) is 0 Å². The van der Waals surface area contributed by atoms with Crippen molar-refractivity contribution in [2.75, 3.05) is 13.1 Å². The average molecular weight is 373 g/mol. The van der Waals surface area contributed by atoms with Gasteiger partial charge in [0.2, 0.25) is 11.8 Å². The van der Waals surface area contributed by atoms with Crippen molar-refractivity contribution in [3.63, 3.8) is 0 Å². The minimum absolute atomic E-state index is 0.0614. The van der Waals surface area contributed by atoms with E-state index >= 15 is 0 Å². The van der Waals surface area contributed by atoms with E-state index in [0.29, 0.717) is 19.0 Å². The molecule has 5 rings (SSSR count). The van der Waals surface area contributed by atoms with Crippen LogP contribution >= 0.6 is 0 Å². The molecule has 1 saturated heterocycles. The Morgan fingerprint density at radius 3 is 2.85 bits per heavy atom. The summed E-state index contributed by atoms with van der Waals surface area (Å²) in [5.41, 5.74) is 2.65. The summed E-state index contributed by atoms with van der Waals surface area (Å²) in [6, 6.07) is 1.97. The Hall–Kier alpha value is -2.51. The average Bonchev–Trinajstić information content (AvgIpc) is 3.25.